The summed E-state index contributed by atoms with van der Waals surface area (Å²) >= 11 is 1.64. The minimum atomic E-state index is -0.0710. The molecule has 138 valence electrons. The molecular weight excluding hydrogens is 358 g/mol. The maximum atomic E-state index is 12.4. The van der Waals surface area contributed by atoms with E-state index in [1.54, 1.807) is 48.9 Å². The van der Waals surface area contributed by atoms with Crippen LogP contribution in [0.2, 0.25) is 0 Å². The Morgan fingerprint density at radius 3 is 2.78 bits per heavy atom. The fraction of sp³-hybridized carbons (Fsp3) is 0.190. The SMILES string of the molecule is COc1ccc(/C=C/C(=O)c2cc(C)nn2C)cc1CSc1ccccn1. The van der Waals surface area contributed by atoms with E-state index in [0.717, 1.165) is 33.3 Å². The van der Waals surface area contributed by atoms with Crippen molar-refractivity contribution < 1.29 is 9.53 Å². The Balaban J connectivity index is 1.76. The van der Waals surface area contributed by atoms with Crippen LogP contribution < -0.4 is 4.74 Å². The van der Waals surface area contributed by atoms with Gasteiger partial charge >= 0.3 is 0 Å². The Bertz CT molecular complexity index is 965. The Hall–Kier alpha value is -2.86. The van der Waals surface area contributed by atoms with Crippen LogP contribution in [-0.2, 0) is 12.8 Å². The summed E-state index contributed by atoms with van der Waals surface area (Å²) in [5.41, 5.74) is 3.40. The molecule has 0 aliphatic carbocycles. The van der Waals surface area contributed by atoms with Gasteiger partial charge in [-0.15, -0.1) is 11.8 Å². The normalized spacial score (nSPS) is 11.1. The van der Waals surface area contributed by atoms with Gasteiger partial charge in [0.1, 0.15) is 11.4 Å². The molecule has 2 aromatic heterocycles. The monoisotopic (exact) mass is 379 g/mol. The molecule has 1 aromatic carbocycles. The molecule has 0 bridgehead atoms. The zero-order valence-electron chi connectivity index (χ0n) is 15.5. The largest absolute Gasteiger partial charge is 0.496 e. The van der Waals surface area contributed by atoms with Gasteiger partial charge in [0.05, 0.1) is 17.8 Å². The Kier molecular flexibility index (Phi) is 6.08. The van der Waals surface area contributed by atoms with Crippen molar-refractivity contribution in [3.63, 3.8) is 0 Å². The van der Waals surface area contributed by atoms with Gasteiger partial charge in [0.2, 0.25) is 5.78 Å². The number of carbonyl (C=O) groups is 1. The molecule has 0 aliphatic rings. The topological polar surface area (TPSA) is 57.0 Å². The fourth-order valence-corrected chi connectivity index (χ4v) is 3.54. The highest BCUT2D eigenvalue weighted by atomic mass is 32.2. The smallest absolute Gasteiger partial charge is 0.203 e. The number of methoxy groups -OCH3 is 1. The molecule has 6 heteroatoms. The Morgan fingerprint density at radius 1 is 1.26 bits per heavy atom. The molecule has 0 fully saturated rings. The number of aryl methyl sites for hydroxylation is 2. The van der Waals surface area contributed by atoms with Crippen molar-refractivity contribution in [3.05, 3.63) is 77.3 Å². The summed E-state index contributed by atoms with van der Waals surface area (Å²) < 4.78 is 7.07. The van der Waals surface area contributed by atoms with E-state index in [4.69, 9.17) is 4.74 Å². The van der Waals surface area contributed by atoms with Crippen molar-refractivity contribution in [1.29, 1.82) is 0 Å². The highest BCUT2D eigenvalue weighted by Crippen LogP contribution is 2.28. The van der Waals surface area contributed by atoms with Crippen LogP contribution in [0.5, 0.6) is 5.75 Å². The summed E-state index contributed by atoms with van der Waals surface area (Å²) in [6.07, 6.45) is 5.18. The molecule has 3 aromatic rings. The molecule has 0 saturated heterocycles. The van der Waals surface area contributed by atoms with E-state index in [9.17, 15) is 4.79 Å². The predicted molar refractivity (Wildman–Crippen MR) is 108 cm³/mol. The van der Waals surface area contributed by atoms with Gasteiger partial charge in [-0.1, -0.05) is 18.2 Å². The van der Waals surface area contributed by atoms with E-state index in [2.05, 4.69) is 10.1 Å². The Morgan fingerprint density at radius 2 is 2.11 bits per heavy atom. The van der Waals surface area contributed by atoms with Crippen molar-refractivity contribution in [3.8, 4) is 5.75 Å². The average Bonchev–Trinajstić information content (AvgIpc) is 3.03. The lowest BCUT2D eigenvalue weighted by Crippen LogP contribution is -2.03. The van der Waals surface area contributed by atoms with E-state index in [-0.39, 0.29) is 5.78 Å². The molecule has 0 unspecified atom stereocenters. The second-order valence-electron chi connectivity index (χ2n) is 6.02. The molecule has 0 amide bonds. The number of benzene rings is 1. The number of pyridine rings is 1. The van der Waals surface area contributed by atoms with E-state index in [0.29, 0.717) is 5.69 Å². The molecular formula is C21H21N3O2S. The molecule has 0 N–H and O–H groups in total. The van der Waals surface area contributed by atoms with Crippen LogP contribution in [0.4, 0.5) is 0 Å². The van der Waals surface area contributed by atoms with Crippen LogP contribution in [0.25, 0.3) is 6.08 Å². The fourth-order valence-electron chi connectivity index (χ4n) is 2.70. The second kappa shape index (κ2) is 8.68. The zero-order chi connectivity index (χ0) is 19.2. The van der Waals surface area contributed by atoms with Crippen LogP contribution in [0, 0.1) is 6.92 Å². The lowest BCUT2D eigenvalue weighted by atomic mass is 10.1. The maximum Gasteiger partial charge on any atom is 0.203 e. The second-order valence-corrected chi connectivity index (χ2v) is 7.02. The van der Waals surface area contributed by atoms with E-state index >= 15 is 0 Å². The van der Waals surface area contributed by atoms with Crippen molar-refractivity contribution >= 4 is 23.6 Å². The molecule has 0 saturated carbocycles. The first kappa shape index (κ1) is 18.9. The third-order valence-corrected chi connectivity index (χ3v) is 4.99. The van der Waals surface area contributed by atoms with Gasteiger partial charge in [0.25, 0.3) is 0 Å². The highest BCUT2D eigenvalue weighted by molar-refractivity contribution is 7.98. The van der Waals surface area contributed by atoms with Crippen molar-refractivity contribution in [2.24, 2.45) is 7.05 Å². The minimum Gasteiger partial charge on any atom is -0.496 e. The molecule has 5 nitrogen and oxygen atoms in total. The van der Waals surface area contributed by atoms with Gasteiger partial charge in [0, 0.05) is 24.6 Å². The first-order valence-electron chi connectivity index (χ1n) is 8.50. The number of carbonyl (C=O) groups excluding carboxylic acids is 1. The number of hydrogen-bond acceptors (Lipinski definition) is 5. The van der Waals surface area contributed by atoms with Crippen LogP contribution in [0.15, 0.2) is 59.8 Å². The first-order valence-corrected chi connectivity index (χ1v) is 9.49. The average molecular weight is 379 g/mol. The van der Waals surface area contributed by atoms with Gasteiger partial charge in [-0.2, -0.15) is 5.10 Å². The minimum absolute atomic E-state index is 0.0710. The summed E-state index contributed by atoms with van der Waals surface area (Å²) in [7, 11) is 3.43. The molecule has 27 heavy (non-hydrogen) atoms. The number of nitrogens with zero attached hydrogens (tertiary/aromatic N) is 3. The summed E-state index contributed by atoms with van der Waals surface area (Å²) in [4.78, 5) is 16.7. The lowest BCUT2D eigenvalue weighted by molar-refractivity contribution is 0.103. The van der Waals surface area contributed by atoms with Crippen LogP contribution in [-0.4, -0.2) is 27.7 Å². The van der Waals surface area contributed by atoms with Crippen LogP contribution in [0.1, 0.15) is 27.3 Å². The van der Waals surface area contributed by atoms with Crippen LogP contribution in [0.3, 0.4) is 0 Å². The third kappa shape index (κ3) is 4.86. The van der Waals surface area contributed by atoms with E-state index < -0.39 is 0 Å². The number of rotatable bonds is 7. The number of allylic oxidation sites excluding steroid dienone is 1. The maximum absolute atomic E-state index is 12.4. The molecule has 3 rings (SSSR count). The molecule has 0 atom stereocenters. The quantitative estimate of drug-likeness (QED) is 0.348. The molecule has 0 aliphatic heterocycles. The number of ether oxygens (including phenoxy) is 1. The molecule has 2 heterocycles. The first-order chi connectivity index (χ1) is 13.1. The highest BCUT2D eigenvalue weighted by Gasteiger charge is 2.09. The predicted octanol–water partition coefficient (Wildman–Crippen LogP) is 4.32. The molecule has 0 spiro atoms. The number of aromatic nitrogens is 3. The number of hydrogen-bond donors (Lipinski definition) is 0. The molecule has 0 radical (unpaired) electrons. The van der Waals surface area contributed by atoms with Gasteiger partial charge < -0.3 is 4.74 Å². The van der Waals surface area contributed by atoms with Crippen molar-refractivity contribution in [2.45, 2.75) is 17.7 Å². The summed E-state index contributed by atoms with van der Waals surface area (Å²) in [5.74, 6) is 1.49. The summed E-state index contributed by atoms with van der Waals surface area (Å²) in [6, 6.07) is 13.5. The van der Waals surface area contributed by atoms with Gasteiger partial charge in [-0.25, -0.2) is 4.98 Å². The third-order valence-electron chi connectivity index (χ3n) is 4.00. The Labute approximate surface area is 163 Å². The van der Waals surface area contributed by atoms with E-state index in [1.807, 2.05) is 49.4 Å². The summed E-state index contributed by atoms with van der Waals surface area (Å²) in [6.45, 7) is 1.87. The van der Waals surface area contributed by atoms with Gasteiger partial charge in [-0.05, 0) is 48.9 Å². The zero-order valence-corrected chi connectivity index (χ0v) is 16.4. The van der Waals surface area contributed by atoms with Gasteiger partial charge in [-0.3, -0.25) is 9.48 Å². The number of thioether (sulfide) groups is 1. The van der Waals surface area contributed by atoms with Gasteiger partial charge in [0.15, 0.2) is 0 Å². The lowest BCUT2D eigenvalue weighted by Gasteiger charge is -2.09. The van der Waals surface area contributed by atoms with Crippen LogP contribution >= 0.6 is 11.8 Å². The van der Waals surface area contributed by atoms with Crippen molar-refractivity contribution in [1.82, 2.24) is 14.8 Å². The standard InChI is InChI=1S/C21H21N3O2S/c1-15-12-18(24(2)23-15)19(25)9-7-16-8-10-20(26-3)17(13-16)14-27-21-6-4-5-11-22-21/h4-13H,14H2,1-3H3/b9-7+. The number of ketones is 1. The van der Waals surface area contributed by atoms with Crippen molar-refractivity contribution in [2.75, 3.05) is 7.11 Å². The summed E-state index contributed by atoms with van der Waals surface area (Å²) in [5, 5.41) is 5.17. The van der Waals surface area contributed by atoms with E-state index in [1.165, 1.54) is 0 Å².